The number of benzene rings is 3. The number of ether oxygens (including phenoxy) is 1. The first-order chi connectivity index (χ1) is 29.3. The van der Waals surface area contributed by atoms with E-state index in [1.807, 2.05) is 20.8 Å². The molecule has 62 heavy (non-hydrogen) atoms. The lowest BCUT2D eigenvalue weighted by Crippen LogP contribution is -2.58. The number of hydrogen-bond acceptors (Lipinski definition) is 11. The van der Waals surface area contributed by atoms with Crippen LogP contribution in [0.15, 0.2) is 78.9 Å². The Balaban J connectivity index is 1.41. The second-order valence-corrected chi connectivity index (χ2v) is 16.2. The molecule has 0 aliphatic carbocycles. The molecule has 1 heterocycles. The van der Waals surface area contributed by atoms with E-state index >= 15 is 0 Å². The topological polar surface area (TPSA) is 285 Å². The van der Waals surface area contributed by atoms with Crippen LogP contribution in [-0.4, -0.2) is 118 Å². The zero-order valence-electron chi connectivity index (χ0n) is 35.4. The number of nitrogens with two attached hydrogens (primary N) is 2. The lowest BCUT2D eigenvalue weighted by atomic mass is 10.0. The Morgan fingerprint density at radius 3 is 1.97 bits per heavy atom. The number of hydrogen-bond donors (Lipinski definition) is 9. The van der Waals surface area contributed by atoms with Gasteiger partial charge in [-0.2, -0.15) is 0 Å². The van der Waals surface area contributed by atoms with Crippen molar-refractivity contribution in [2.45, 2.75) is 102 Å². The fourth-order valence-corrected chi connectivity index (χ4v) is 6.72. The summed E-state index contributed by atoms with van der Waals surface area (Å²) in [6, 6.07) is 15.1. The summed E-state index contributed by atoms with van der Waals surface area (Å²) >= 11 is 0. The highest BCUT2D eigenvalue weighted by Crippen LogP contribution is 2.21. The van der Waals surface area contributed by atoms with E-state index in [0.717, 1.165) is 5.56 Å². The Kier molecular flexibility index (Phi) is 17.4. The van der Waals surface area contributed by atoms with Gasteiger partial charge in [0.05, 0.1) is 19.2 Å². The number of aromatic hydroxyl groups is 1. The quantitative estimate of drug-likeness (QED) is 0.0697. The maximum Gasteiger partial charge on any atom is 0.246 e. The zero-order valence-corrected chi connectivity index (χ0v) is 35.4. The Labute approximate surface area is 360 Å². The van der Waals surface area contributed by atoms with Gasteiger partial charge in [0, 0.05) is 19.4 Å². The van der Waals surface area contributed by atoms with Crippen molar-refractivity contribution in [2.24, 2.45) is 11.5 Å². The van der Waals surface area contributed by atoms with Crippen LogP contribution < -0.4 is 42.8 Å². The Morgan fingerprint density at radius 1 is 0.758 bits per heavy atom. The summed E-state index contributed by atoms with van der Waals surface area (Å²) in [7, 11) is 0. The van der Waals surface area contributed by atoms with Crippen LogP contribution in [0.2, 0.25) is 0 Å². The molecule has 0 spiro atoms. The number of nitrogens with one attached hydrogen (secondary N) is 5. The molecular weight excluding hydrogens is 801 g/mol. The number of aliphatic hydroxyl groups excluding tert-OH is 1. The van der Waals surface area contributed by atoms with Crippen LogP contribution in [0.3, 0.4) is 0 Å². The lowest BCUT2D eigenvalue weighted by molar-refractivity contribution is -0.142. The number of aliphatic hydroxyl groups is 1. The standard InChI is InChI=1S/C44H58N8O10/c1-26(48-40(58)32(45)21-28-14-18-31(19-15-28)62-44(2,3)4)39(57)50-33(22-27-9-6-5-7-10-27)41(59)47-24-37(55)49-34(23-29-12-16-30(54)17-13-29)43(61)52-20-8-11-36(52)42(60)51-35(25-53)38(46)56/h5-7,9-10,12-19,26,32-36,53-54H,8,11,20-25,45H2,1-4H3,(H2,46,56)(H,47,59)(H,48,58)(H,49,55)(H,50,57)(H,51,60)/t26-,32+,33+,34+,35+,36+/m1/s1. The first-order valence-electron chi connectivity index (χ1n) is 20.4. The number of phenols is 1. The smallest absolute Gasteiger partial charge is 0.246 e. The van der Waals surface area contributed by atoms with Gasteiger partial charge in [0.25, 0.3) is 0 Å². The summed E-state index contributed by atoms with van der Waals surface area (Å²) in [6.07, 6.45) is 0.850. The van der Waals surface area contributed by atoms with E-state index in [1.165, 1.54) is 24.0 Å². The van der Waals surface area contributed by atoms with Gasteiger partial charge in [-0.1, -0.05) is 54.6 Å². The van der Waals surface area contributed by atoms with E-state index in [4.69, 9.17) is 16.2 Å². The van der Waals surface area contributed by atoms with Crippen LogP contribution in [0.1, 0.15) is 57.2 Å². The largest absolute Gasteiger partial charge is 0.508 e. The van der Waals surface area contributed by atoms with Gasteiger partial charge in [-0.3, -0.25) is 33.6 Å². The summed E-state index contributed by atoms with van der Waals surface area (Å²) in [6.45, 7) is 6.06. The van der Waals surface area contributed by atoms with E-state index in [2.05, 4.69) is 26.6 Å². The number of primary amides is 1. The summed E-state index contributed by atoms with van der Waals surface area (Å²) in [4.78, 5) is 93.6. The van der Waals surface area contributed by atoms with Crippen LogP contribution in [-0.2, 0) is 52.8 Å². The zero-order chi connectivity index (χ0) is 45.6. The normalized spacial score (nSPS) is 16.1. The molecule has 4 rings (SSSR count). The number of rotatable bonds is 20. The number of amides is 7. The number of likely N-dealkylation sites (tertiary alicyclic amines) is 1. The van der Waals surface area contributed by atoms with Crippen LogP contribution in [0.4, 0.5) is 0 Å². The van der Waals surface area contributed by atoms with Crippen molar-refractivity contribution in [1.29, 1.82) is 0 Å². The number of carbonyl (C=O) groups is 7. The molecule has 0 radical (unpaired) electrons. The summed E-state index contributed by atoms with van der Waals surface area (Å²) < 4.78 is 5.84. The Hall–Kier alpha value is -6.53. The molecule has 0 aromatic heterocycles. The average molecular weight is 859 g/mol. The molecule has 1 aliphatic heterocycles. The van der Waals surface area contributed by atoms with Crippen molar-refractivity contribution in [2.75, 3.05) is 19.7 Å². The van der Waals surface area contributed by atoms with Crippen LogP contribution in [0, 0.1) is 0 Å². The van der Waals surface area contributed by atoms with Gasteiger partial charge in [-0.05, 0) is 87.9 Å². The molecule has 7 amide bonds. The van der Waals surface area contributed by atoms with E-state index in [9.17, 15) is 43.8 Å². The van der Waals surface area contributed by atoms with Crippen molar-refractivity contribution < 1.29 is 48.5 Å². The van der Waals surface area contributed by atoms with Gasteiger partial charge in [0.2, 0.25) is 41.4 Å². The molecule has 18 heteroatoms. The Morgan fingerprint density at radius 2 is 1.35 bits per heavy atom. The fraction of sp³-hybridized carbons (Fsp3) is 0.432. The molecule has 1 aliphatic rings. The van der Waals surface area contributed by atoms with Gasteiger partial charge in [0.1, 0.15) is 47.3 Å². The highest BCUT2D eigenvalue weighted by molar-refractivity contribution is 5.96. The number of nitrogens with zero attached hydrogens (tertiary/aromatic N) is 1. The average Bonchev–Trinajstić information content (AvgIpc) is 3.72. The highest BCUT2D eigenvalue weighted by Gasteiger charge is 2.39. The van der Waals surface area contributed by atoms with Gasteiger partial charge < -0.3 is 57.9 Å². The van der Waals surface area contributed by atoms with Gasteiger partial charge >= 0.3 is 0 Å². The van der Waals surface area contributed by atoms with Gasteiger partial charge in [-0.15, -0.1) is 0 Å². The van der Waals surface area contributed by atoms with E-state index < -0.39 is 90.8 Å². The summed E-state index contributed by atoms with van der Waals surface area (Å²) in [5.41, 5.74) is 13.1. The number of phenolic OH excluding ortho intramolecular Hbond substituents is 1. The van der Waals surface area contributed by atoms with Gasteiger partial charge in [-0.25, -0.2) is 0 Å². The third-order valence-electron chi connectivity index (χ3n) is 9.92. The van der Waals surface area contributed by atoms with Crippen molar-refractivity contribution in [1.82, 2.24) is 31.5 Å². The SMILES string of the molecule is C[C@@H](NC(=O)[C@@H](N)Cc1ccc(OC(C)(C)C)cc1)C(=O)N[C@@H](Cc1ccccc1)C(=O)NCC(=O)N[C@@H](Cc1ccc(O)cc1)C(=O)N1CCC[C@H]1C(=O)N[C@@H](CO)C(N)=O. The van der Waals surface area contributed by atoms with E-state index in [-0.39, 0.29) is 43.6 Å². The Bertz CT molecular complexity index is 2030. The molecule has 334 valence electrons. The molecule has 11 N–H and O–H groups in total. The molecule has 1 saturated heterocycles. The predicted octanol–water partition coefficient (Wildman–Crippen LogP) is -0.531. The minimum absolute atomic E-state index is 0.0190. The molecule has 18 nitrogen and oxygen atoms in total. The second kappa shape index (κ2) is 22.4. The first-order valence-corrected chi connectivity index (χ1v) is 20.4. The molecule has 0 bridgehead atoms. The lowest BCUT2D eigenvalue weighted by Gasteiger charge is -2.29. The highest BCUT2D eigenvalue weighted by atomic mass is 16.5. The van der Waals surface area contributed by atoms with Crippen molar-refractivity contribution in [3.05, 3.63) is 95.6 Å². The minimum atomic E-state index is -1.36. The van der Waals surface area contributed by atoms with Crippen LogP contribution >= 0.6 is 0 Å². The monoisotopic (exact) mass is 858 g/mol. The van der Waals surface area contributed by atoms with E-state index in [0.29, 0.717) is 23.3 Å². The predicted molar refractivity (Wildman–Crippen MR) is 228 cm³/mol. The fourth-order valence-electron chi connectivity index (χ4n) is 6.72. The minimum Gasteiger partial charge on any atom is -0.508 e. The second-order valence-electron chi connectivity index (χ2n) is 16.2. The maximum absolute atomic E-state index is 14.0. The third-order valence-corrected chi connectivity index (χ3v) is 9.92. The molecule has 1 fully saturated rings. The molecule has 3 aromatic carbocycles. The van der Waals surface area contributed by atoms with Crippen LogP contribution in [0.25, 0.3) is 0 Å². The van der Waals surface area contributed by atoms with Crippen LogP contribution in [0.5, 0.6) is 11.5 Å². The van der Waals surface area contributed by atoms with Crippen molar-refractivity contribution >= 4 is 41.4 Å². The molecule has 0 unspecified atom stereocenters. The first kappa shape index (κ1) is 48.1. The van der Waals surface area contributed by atoms with Gasteiger partial charge in [0.15, 0.2) is 0 Å². The van der Waals surface area contributed by atoms with Crippen molar-refractivity contribution in [3.8, 4) is 11.5 Å². The molecule has 0 saturated carbocycles. The number of carbonyl (C=O) groups excluding carboxylic acids is 7. The third kappa shape index (κ3) is 14.9. The summed E-state index contributed by atoms with van der Waals surface area (Å²) in [5, 5.41) is 32.1. The van der Waals surface area contributed by atoms with E-state index in [1.54, 1.807) is 66.7 Å². The van der Waals surface area contributed by atoms with Crippen molar-refractivity contribution in [3.63, 3.8) is 0 Å². The maximum atomic E-state index is 14.0. The molecule has 3 aromatic rings. The molecular formula is C44H58N8O10. The molecule has 6 atom stereocenters. The summed E-state index contributed by atoms with van der Waals surface area (Å²) in [5.74, 6) is -4.38.